The first-order valence-corrected chi connectivity index (χ1v) is 13.5. The molecule has 3 amide bonds. The van der Waals surface area contributed by atoms with Gasteiger partial charge in [0.2, 0.25) is 0 Å². The zero-order valence-electron chi connectivity index (χ0n) is 22.8. The molecule has 1 atom stereocenters. The molecule has 2 aliphatic heterocycles. The SMILES string of the molecule is CCOC(=O)C1=C(CN2CCCN(C(=O)c3ccccc3)CC2)N(CC)C(=O)NC1c1ccc(C)cc1C. The van der Waals surface area contributed by atoms with Crippen LogP contribution in [-0.2, 0) is 9.53 Å². The summed E-state index contributed by atoms with van der Waals surface area (Å²) in [5, 5.41) is 3.06. The Balaban J connectivity index is 1.65. The van der Waals surface area contributed by atoms with Gasteiger partial charge in [-0.05, 0) is 57.4 Å². The Morgan fingerprint density at radius 1 is 1.00 bits per heavy atom. The topological polar surface area (TPSA) is 82.2 Å². The predicted molar refractivity (Wildman–Crippen MR) is 147 cm³/mol. The summed E-state index contributed by atoms with van der Waals surface area (Å²) >= 11 is 0. The van der Waals surface area contributed by atoms with Crippen molar-refractivity contribution in [3.8, 4) is 0 Å². The number of aryl methyl sites for hydroxylation is 2. The van der Waals surface area contributed by atoms with Crippen LogP contribution in [0.25, 0.3) is 0 Å². The highest BCUT2D eigenvalue weighted by atomic mass is 16.5. The number of carbonyl (C=O) groups excluding carboxylic acids is 3. The Hall–Kier alpha value is -3.65. The van der Waals surface area contributed by atoms with Crippen molar-refractivity contribution in [3.05, 3.63) is 82.1 Å². The van der Waals surface area contributed by atoms with Gasteiger partial charge in [-0.25, -0.2) is 9.59 Å². The van der Waals surface area contributed by atoms with Crippen LogP contribution in [0.2, 0.25) is 0 Å². The van der Waals surface area contributed by atoms with Crippen LogP contribution < -0.4 is 5.32 Å². The molecule has 1 saturated heterocycles. The maximum atomic E-state index is 13.4. The average Bonchev–Trinajstić information content (AvgIpc) is 3.14. The van der Waals surface area contributed by atoms with Crippen LogP contribution in [0.5, 0.6) is 0 Å². The van der Waals surface area contributed by atoms with E-state index >= 15 is 0 Å². The summed E-state index contributed by atoms with van der Waals surface area (Å²) in [4.78, 5) is 45.5. The lowest BCUT2D eigenvalue weighted by Gasteiger charge is -2.38. The van der Waals surface area contributed by atoms with E-state index in [-0.39, 0.29) is 18.5 Å². The monoisotopic (exact) mass is 518 g/mol. The molecule has 1 N–H and O–H groups in total. The standard InChI is InChI=1S/C30H38N4O4/c1-5-34-25(20-32-15-10-16-33(18-17-32)28(35)23-11-8-7-9-12-23)26(29(36)38-6-2)27(31-30(34)37)24-14-13-21(3)19-22(24)4/h7-9,11-14,19,27H,5-6,10,15-18,20H2,1-4H3,(H,31,37). The van der Waals surface area contributed by atoms with Crippen LogP contribution in [0, 0.1) is 13.8 Å². The van der Waals surface area contributed by atoms with Crippen LogP contribution in [-0.4, -0.2) is 78.5 Å². The average molecular weight is 519 g/mol. The van der Waals surface area contributed by atoms with E-state index in [9.17, 15) is 14.4 Å². The first kappa shape index (κ1) is 27.4. The molecule has 2 aliphatic rings. The fourth-order valence-corrected chi connectivity index (χ4v) is 5.35. The van der Waals surface area contributed by atoms with E-state index < -0.39 is 12.0 Å². The van der Waals surface area contributed by atoms with Gasteiger partial charge in [0.1, 0.15) is 0 Å². The Kier molecular flexibility index (Phi) is 8.84. The molecular formula is C30H38N4O4. The van der Waals surface area contributed by atoms with Gasteiger partial charge in [0, 0.05) is 50.5 Å². The number of nitrogens with one attached hydrogen (secondary N) is 1. The minimum atomic E-state index is -0.594. The van der Waals surface area contributed by atoms with Gasteiger partial charge in [0.05, 0.1) is 18.2 Å². The fourth-order valence-electron chi connectivity index (χ4n) is 5.35. The van der Waals surface area contributed by atoms with Crippen LogP contribution >= 0.6 is 0 Å². The number of hydrogen-bond acceptors (Lipinski definition) is 5. The zero-order valence-corrected chi connectivity index (χ0v) is 22.8. The number of rotatable bonds is 7. The molecule has 0 spiro atoms. The van der Waals surface area contributed by atoms with Crippen molar-refractivity contribution in [1.82, 2.24) is 20.0 Å². The van der Waals surface area contributed by atoms with E-state index in [2.05, 4.69) is 16.3 Å². The summed E-state index contributed by atoms with van der Waals surface area (Å²) in [5.74, 6) is -0.386. The molecule has 202 valence electrons. The maximum Gasteiger partial charge on any atom is 0.338 e. The number of ether oxygens (including phenoxy) is 1. The molecule has 2 aromatic rings. The zero-order chi connectivity index (χ0) is 27.2. The first-order chi connectivity index (χ1) is 18.3. The van der Waals surface area contributed by atoms with E-state index in [4.69, 9.17) is 4.74 Å². The van der Waals surface area contributed by atoms with Gasteiger partial charge in [-0.3, -0.25) is 14.6 Å². The summed E-state index contributed by atoms with van der Waals surface area (Å²) in [6, 6.07) is 14.6. The molecule has 2 aromatic carbocycles. The number of nitrogens with zero attached hydrogens (tertiary/aromatic N) is 3. The number of carbonyl (C=O) groups is 3. The van der Waals surface area contributed by atoms with Crippen LogP contribution in [0.1, 0.15) is 53.4 Å². The van der Waals surface area contributed by atoms with Gasteiger partial charge >= 0.3 is 12.0 Å². The number of likely N-dealkylation sites (N-methyl/N-ethyl adjacent to an activating group) is 1. The minimum absolute atomic E-state index is 0.0287. The third-order valence-electron chi connectivity index (χ3n) is 7.26. The van der Waals surface area contributed by atoms with Crippen molar-refractivity contribution in [2.24, 2.45) is 0 Å². The number of amides is 3. The molecule has 1 unspecified atom stereocenters. The Bertz CT molecular complexity index is 1210. The van der Waals surface area contributed by atoms with Crippen LogP contribution in [0.15, 0.2) is 59.8 Å². The van der Waals surface area contributed by atoms with E-state index in [1.54, 1.807) is 11.8 Å². The molecule has 0 aliphatic carbocycles. The molecule has 4 rings (SSSR count). The van der Waals surface area contributed by atoms with Gasteiger partial charge in [-0.1, -0.05) is 42.0 Å². The smallest absolute Gasteiger partial charge is 0.338 e. The van der Waals surface area contributed by atoms with Crippen molar-refractivity contribution >= 4 is 17.9 Å². The van der Waals surface area contributed by atoms with Crippen molar-refractivity contribution in [2.45, 2.75) is 40.2 Å². The Morgan fingerprint density at radius 2 is 1.76 bits per heavy atom. The summed E-state index contributed by atoms with van der Waals surface area (Å²) < 4.78 is 5.52. The van der Waals surface area contributed by atoms with Crippen molar-refractivity contribution in [3.63, 3.8) is 0 Å². The minimum Gasteiger partial charge on any atom is -0.463 e. The normalized spacial score (nSPS) is 18.7. The summed E-state index contributed by atoms with van der Waals surface area (Å²) in [7, 11) is 0. The molecule has 8 nitrogen and oxygen atoms in total. The first-order valence-electron chi connectivity index (χ1n) is 13.5. The molecule has 0 radical (unpaired) electrons. The summed E-state index contributed by atoms with van der Waals surface area (Å²) in [5.41, 5.74) is 4.83. The molecule has 8 heteroatoms. The number of hydrogen-bond donors (Lipinski definition) is 1. The van der Waals surface area contributed by atoms with E-state index in [1.165, 1.54) is 0 Å². The Morgan fingerprint density at radius 3 is 2.45 bits per heavy atom. The largest absolute Gasteiger partial charge is 0.463 e. The van der Waals surface area contributed by atoms with Crippen molar-refractivity contribution in [1.29, 1.82) is 0 Å². The van der Waals surface area contributed by atoms with E-state index in [1.807, 2.05) is 68.1 Å². The van der Waals surface area contributed by atoms with Gasteiger partial charge in [0.15, 0.2) is 0 Å². The molecule has 0 bridgehead atoms. The van der Waals surface area contributed by atoms with Crippen LogP contribution in [0.3, 0.4) is 0 Å². The van der Waals surface area contributed by atoms with Crippen molar-refractivity contribution in [2.75, 3.05) is 45.9 Å². The van der Waals surface area contributed by atoms with Gasteiger partial charge in [-0.2, -0.15) is 0 Å². The highest BCUT2D eigenvalue weighted by Gasteiger charge is 2.39. The third kappa shape index (κ3) is 5.91. The lowest BCUT2D eigenvalue weighted by molar-refractivity contribution is -0.139. The maximum absolute atomic E-state index is 13.4. The second-order valence-electron chi connectivity index (χ2n) is 9.86. The summed E-state index contributed by atoms with van der Waals surface area (Å²) in [6.07, 6.45) is 0.805. The quantitative estimate of drug-likeness (QED) is 0.559. The second kappa shape index (κ2) is 12.3. The number of esters is 1. The highest BCUT2D eigenvalue weighted by molar-refractivity contribution is 5.95. The second-order valence-corrected chi connectivity index (χ2v) is 9.86. The highest BCUT2D eigenvalue weighted by Crippen LogP contribution is 2.34. The van der Waals surface area contributed by atoms with Gasteiger partial charge in [-0.15, -0.1) is 0 Å². The number of urea groups is 1. The third-order valence-corrected chi connectivity index (χ3v) is 7.26. The lowest BCUT2D eigenvalue weighted by Crippen LogP contribution is -2.51. The van der Waals surface area contributed by atoms with E-state index in [0.717, 1.165) is 29.7 Å². The molecule has 0 saturated carbocycles. The molecule has 38 heavy (non-hydrogen) atoms. The van der Waals surface area contributed by atoms with Gasteiger partial charge in [0.25, 0.3) is 5.91 Å². The predicted octanol–water partition coefficient (Wildman–Crippen LogP) is 4.05. The van der Waals surface area contributed by atoms with E-state index in [0.29, 0.717) is 49.6 Å². The van der Waals surface area contributed by atoms with Gasteiger partial charge < -0.3 is 15.0 Å². The Labute approximate surface area is 225 Å². The lowest BCUT2D eigenvalue weighted by atomic mass is 9.90. The molecule has 0 aromatic heterocycles. The molecular weight excluding hydrogens is 480 g/mol. The van der Waals surface area contributed by atoms with Crippen LogP contribution in [0.4, 0.5) is 4.79 Å². The molecule has 2 heterocycles. The fraction of sp³-hybridized carbons (Fsp3) is 0.433. The number of benzene rings is 2. The van der Waals surface area contributed by atoms with Crippen molar-refractivity contribution < 1.29 is 19.1 Å². The molecule has 1 fully saturated rings. The summed E-state index contributed by atoms with van der Waals surface area (Å²) in [6.45, 7) is 11.4.